The third-order valence-electron chi connectivity index (χ3n) is 2.75. The zero-order chi connectivity index (χ0) is 15.5. The monoisotopic (exact) mass is 308 g/mol. The quantitative estimate of drug-likeness (QED) is 0.942. The minimum atomic E-state index is -3.86. The number of sulfonamides is 1. The first kappa shape index (κ1) is 15.1. The van der Waals surface area contributed by atoms with E-state index in [9.17, 15) is 17.2 Å². The number of nitrogens with one attached hydrogen (secondary N) is 1. The highest BCUT2D eigenvalue weighted by Gasteiger charge is 2.15. The number of rotatable bonds is 4. The maximum atomic E-state index is 13.4. The van der Waals surface area contributed by atoms with E-state index in [1.54, 1.807) is 0 Å². The Morgan fingerprint density at radius 3 is 2.38 bits per heavy atom. The smallest absolute Gasteiger partial charge is 0.207 e. The Kier molecular flexibility index (Phi) is 4.31. The molecule has 0 saturated heterocycles. The van der Waals surface area contributed by atoms with Crippen LogP contribution < -0.4 is 4.72 Å². The van der Waals surface area contributed by atoms with Gasteiger partial charge in [0.15, 0.2) is 0 Å². The Balaban J connectivity index is 2.17. The molecule has 0 aliphatic carbocycles. The molecule has 1 N–H and O–H groups in total. The zero-order valence-electron chi connectivity index (χ0n) is 10.7. The zero-order valence-corrected chi connectivity index (χ0v) is 11.5. The summed E-state index contributed by atoms with van der Waals surface area (Å²) in [6, 6.07) is 9.93. The molecular formula is C14H10F2N2O2S. The molecule has 0 saturated carbocycles. The van der Waals surface area contributed by atoms with Crippen LogP contribution in [0.3, 0.4) is 0 Å². The van der Waals surface area contributed by atoms with Gasteiger partial charge in [-0.3, -0.25) is 0 Å². The van der Waals surface area contributed by atoms with Crippen molar-refractivity contribution in [3.63, 3.8) is 0 Å². The molecule has 0 heterocycles. The van der Waals surface area contributed by atoms with E-state index < -0.39 is 21.7 Å². The summed E-state index contributed by atoms with van der Waals surface area (Å²) in [5.74, 6) is -1.34. The number of nitriles is 1. The van der Waals surface area contributed by atoms with Gasteiger partial charge in [0.2, 0.25) is 10.0 Å². The Morgan fingerprint density at radius 2 is 1.76 bits per heavy atom. The van der Waals surface area contributed by atoms with Crippen molar-refractivity contribution in [3.8, 4) is 6.07 Å². The van der Waals surface area contributed by atoms with Crippen LogP contribution in [-0.4, -0.2) is 8.42 Å². The van der Waals surface area contributed by atoms with Crippen molar-refractivity contribution >= 4 is 10.0 Å². The lowest BCUT2D eigenvalue weighted by Gasteiger charge is -2.08. The second-order valence-corrected chi connectivity index (χ2v) is 5.96. The molecule has 0 atom stereocenters. The number of halogens is 2. The van der Waals surface area contributed by atoms with Crippen LogP contribution in [0.4, 0.5) is 8.78 Å². The summed E-state index contributed by atoms with van der Waals surface area (Å²) in [6.45, 7) is -0.369. The molecule has 0 fully saturated rings. The molecule has 7 heteroatoms. The number of nitrogens with zero attached hydrogens (tertiary/aromatic N) is 1. The fraction of sp³-hybridized carbons (Fsp3) is 0.0714. The van der Waals surface area contributed by atoms with Crippen LogP contribution in [-0.2, 0) is 16.6 Å². The Labute approximate surface area is 120 Å². The summed E-state index contributed by atoms with van der Waals surface area (Å²) < 4.78 is 52.6. The van der Waals surface area contributed by atoms with Crippen LogP contribution in [0.2, 0.25) is 0 Å². The van der Waals surface area contributed by atoms with Crippen molar-refractivity contribution in [2.45, 2.75) is 11.4 Å². The normalized spacial score (nSPS) is 11.1. The molecule has 0 radical (unpaired) electrons. The molecule has 0 amide bonds. The van der Waals surface area contributed by atoms with Gasteiger partial charge in [0.05, 0.1) is 16.5 Å². The van der Waals surface area contributed by atoms with Crippen molar-refractivity contribution in [3.05, 3.63) is 65.2 Å². The van der Waals surface area contributed by atoms with Crippen molar-refractivity contribution in [1.29, 1.82) is 5.26 Å². The second-order valence-electron chi connectivity index (χ2n) is 4.20. The molecule has 2 aromatic rings. The average Bonchev–Trinajstić information content (AvgIpc) is 2.48. The van der Waals surface area contributed by atoms with Gasteiger partial charge in [-0.2, -0.15) is 5.26 Å². The van der Waals surface area contributed by atoms with Gasteiger partial charge in [-0.05, 0) is 42.5 Å². The maximum absolute atomic E-state index is 13.4. The average molecular weight is 308 g/mol. The van der Waals surface area contributed by atoms with Gasteiger partial charge in [0.25, 0.3) is 0 Å². The molecule has 0 unspecified atom stereocenters. The van der Waals surface area contributed by atoms with E-state index in [2.05, 4.69) is 4.72 Å². The van der Waals surface area contributed by atoms with Gasteiger partial charge >= 0.3 is 0 Å². The summed E-state index contributed by atoms with van der Waals surface area (Å²) in [6.07, 6.45) is 0. The van der Waals surface area contributed by atoms with Gasteiger partial charge < -0.3 is 0 Å². The Morgan fingerprint density at radius 1 is 1.10 bits per heavy atom. The van der Waals surface area contributed by atoms with Gasteiger partial charge in [0, 0.05) is 12.1 Å². The minimum absolute atomic E-state index is 0.0571. The molecule has 0 spiro atoms. The number of benzene rings is 2. The van der Waals surface area contributed by atoms with Crippen molar-refractivity contribution in [1.82, 2.24) is 4.72 Å². The van der Waals surface area contributed by atoms with Gasteiger partial charge in [-0.1, -0.05) is 0 Å². The summed E-state index contributed by atoms with van der Waals surface area (Å²) in [5.41, 5.74) is 0.234. The summed E-state index contributed by atoms with van der Waals surface area (Å²) in [4.78, 5) is -0.0571. The highest BCUT2D eigenvalue weighted by atomic mass is 32.2. The lowest BCUT2D eigenvalue weighted by atomic mass is 10.2. The van der Waals surface area contributed by atoms with E-state index >= 15 is 0 Å². The van der Waals surface area contributed by atoms with Crippen LogP contribution >= 0.6 is 0 Å². The Bertz CT molecular complexity index is 797. The van der Waals surface area contributed by atoms with E-state index in [-0.39, 0.29) is 17.0 Å². The Hall–Kier alpha value is -2.30. The first-order chi connectivity index (χ1) is 9.92. The minimum Gasteiger partial charge on any atom is -0.207 e. The number of hydrogen-bond acceptors (Lipinski definition) is 3. The van der Waals surface area contributed by atoms with Crippen molar-refractivity contribution < 1.29 is 17.2 Å². The van der Waals surface area contributed by atoms with Crippen LogP contribution in [0.5, 0.6) is 0 Å². The van der Waals surface area contributed by atoms with Crippen LogP contribution in [0.1, 0.15) is 11.1 Å². The third-order valence-corrected chi connectivity index (χ3v) is 4.17. The van der Waals surface area contributed by atoms with E-state index in [4.69, 9.17) is 5.26 Å². The van der Waals surface area contributed by atoms with Crippen LogP contribution in [0.25, 0.3) is 0 Å². The van der Waals surface area contributed by atoms with Crippen LogP contribution in [0.15, 0.2) is 47.4 Å². The summed E-state index contributed by atoms with van der Waals surface area (Å²) in [5, 5.41) is 8.65. The molecular weight excluding hydrogens is 298 g/mol. The summed E-state index contributed by atoms with van der Waals surface area (Å²) in [7, 11) is -3.86. The third kappa shape index (κ3) is 3.62. The van der Waals surface area contributed by atoms with Gasteiger partial charge in [0.1, 0.15) is 11.6 Å². The standard InChI is InChI=1S/C14H10F2N2O2S/c15-12-3-6-14(16)11(7-12)9-18-21(19,20)13-4-1-10(8-17)2-5-13/h1-7,18H,9H2. The molecule has 0 bridgehead atoms. The predicted molar refractivity (Wildman–Crippen MR) is 71.5 cm³/mol. The van der Waals surface area contributed by atoms with Crippen molar-refractivity contribution in [2.75, 3.05) is 0 Å². The molecule has 0 aliphatic rings. The predicted octanol–water partition coefficient (Wildman–Crippen LogP) is 2.31. The van der Waals surface area contributed by atoms with Crippen LogP contribution in [0, 0.1) is 23.0 Å². The van der Waals surface area contributed by atoms with Gasteiger partial charge in [-0.25, -0.2) is 21.9 Å². The lowest BCUT2D eigenvalue weighted by molar-refractivity contribution is 0.567. The highest BCUT2D eigenvalue weighted by molar-refractivity contribution is 7.89. The first-order valence-electron chi connectivity index (χ1n) is 5.86. The lowest BCUT2D eigenvalue weighted by Crippen LogP contribution is -2.23. The SMILES string of the molecule is N#Cc1ccc(S(=O)(=O)NCc2cc(F)ccc2F)cc1. The molecule has 2 rings (SSSR count). The van der Waals surface area contributed by atoms with Crippen molar-refractivity contribution in [2.24, 2.45) is 0 Å². The molecule has 0 aliphatic heterocycles. The summed E-state index contributed by atoms with van der Waals surface area (Å²) >= 11 is 0. The molecule has 4 nitrogen and oxygen atoms in total. The van der Waals surface area contributed by atoms with E-state index in [0.717, 1.165) is 18.2 Å². The van der Waals surface area contributed by atoms with E-state index in [1.165, 1.54) is 24.3 Å². The van der Waals surface area contributed by atoms with E-state index in [1.807, 2.05) is 6.07 Å². The fourth-order valence-corrected chi connectivity index (χ4v) is 2.65. The largest absolute Gasteiger partial charge is 0.240 e. The first-order valence-corrected chi connectivity index (χ1v) is 7.34. The maximum Gasteiger partial charge on any atom is 0.240 e. The fourth-order valence-electron chi connectivity index (χ4n) is 1.64. The van der Waals surface area contributed by atoms with E-state index in [0.29, 0.717) is 5.56 Å². The topological polar surface area (TPSA) is 70.0 Å². The number of hydrogen-bond donors (Lipinski definition) is 1. The second kappa shape index (κ2) is 5.99. The molecule has 0 aromatic heterocycles. The molecule has 108 valence electrons. The highest BCUT2D eigenvalue weighted by Crippen LogP contribution is 2.13. The molecule has 21 heavy (non-hydrogen) atoms. The van der Waals surface area contributed by atoms with Gasteiger partial charge in [-0.15, -0.1) is 0 Å². The molecule has 2 aromatic carbocycles.